The second-order valence-electron chi connectivity index (χ2n) is 4.20. The fraction of sp³-hybridized carbons (Fsp3) is 0.400. The van der Waals surface area contributed by atoms with E-state index in [2.05, 4.69) is 0 Å². The van der Waals surface area contributed by atoms with E-state index in [1.165, 1.54) is 0 Å². The number of para-hydroxylation sites is 1. The molecule has 0 unspecified atom stereocenters. The van der Waals surface area contributed by atoms with Crippen LogP contribution in [0.3, 0.4) is 0 Å². The Labute approximate surface area is 118 Å². The topological polar surface area (TPSA) is 150 Å². The van der Waals surface area contributed by atoms with Gasteiger partial charge in [0.1, 0.15) is 5.54 Å². The molecule has 0 atom stereocenters. The molecule has 0 bridgehead atoms. The molecular formula is C10H13FN2O7S. The Bertz CT molecular complexity index is 622. The number of halogens is 1. The van der Waals surface area contributed by atoms with Crippen LogP contribution in [0.2, 0.25) is 0 Å². The molecule has 0 aliphatic heterocycles. The van der Waals surface area contributed by atoms with Crippen molar-refractivity contribution in [1.82, 2.24) is 4.72 Å². The third-order valence-electron chi connectivity index (χ3n) is 2.68. The zero-order valence-corrected chi connectivity index (χ0v) is 11.4. The van der Waals surface area contributed by atoms with Crippen molar-refractivity contribution in [3.05, 3.63) is 34.1 Å². The lowest BCUT2D eigenvalue weighted by atomic mass is 10.1. The van der Waals surface area contributed by atoms with E-state index in [0.29, 0.717) is 6.07 Å². The van der Waals surface area contributed by atoms with Crippen molar-refractivity contribution in [3.8, 4) is 0 Å². The van der Waals surface area contributed by atoms with Crippen LogP contribution in [-0.4, -0.2) is 54.0 Å². The Kier molecular flexibility index (Phi) is 5.31. The zero-order valence-electron chi connectivity index (χ0n) is 10.6. The number of rotatable bonds is 7. The number of sulfonamides is 1. The molecule has 1 rings (SSSR count). The molecule has 0 radical (unpaired) electrons. The summed E-state index contributed by atoms with van der Waals surface area (Å²) in [4.78, 5) is 8.60. The summed E-state index contributed by atoms with van der Waals surface area (Å²) < 4.78 is 39.3. The smallest absolute Gasteiger partial charge is 0.324 e. The summed E-state index contributed by atoms with van der Waals surface area (Å²) >= 11 is 0. The first-order chi connectivity index (χ1) is 9.73. The monoisotopic (exact) mass is 324 g/mol. The van der Waals surface area contributed by atoms with Crippen LogP contribution in [0.15, 0.2) is 23.1 Å². The number of nitro groups is 1. The minimum Gasteiger partial charge on any atom is -0.394 e. The fourth-order valence-corrected chi connectivity index (χ4v) is 3.03. The maximum atomic E-state index is 13.4. The lowest BCUT2D eigenvalue weighted by Crippen LogP contribution is -2.56. The van der Waals surface area contributed by atoms with Crippen molar-refractivity contribution in [2.24, 2.45) is 0 Å². The highest BCUT2D eigenvalue weighted by Crippen LogP contribution is 2.27. The fourth-order valence-electron chi connectivity index (χ4n) is 1.48. The number of aliphatic hydroxyl groups is 3. The normalized spacial score (nSPS) is 12.4. The Balaban J connectivity index is 3.39. The quantitative estimate of drug-likeness (QED) is 0.360. The van der Waals surface area contributed by atoms with Gasteiger partial charge in [-0.05, 0) is 12.1 Å². The highest BCUT2D eigenvalue weighted by Gasteiger charge is 2.37. The van der Waals surface area contributed by atoms with Crippen molar-refractivity contribution in [2.75, 3.05) is 19.8 Å². The summed E-state index contributed by atoms with van der Waals surface area (Å²) in [6.45, 7) is -2.91. The van der Waals surface area contributed by atoms with Gasteiger partial charge in [-0.2, -0.15) is 9.11 Å². The Morgan fingerprint density at radius 1 is 1.24 bits per heavy atom. The molecule has 0 aliphatic rings. The molecule has 0 spiro atoms. The molecule has 11 heteroatoms. The summed E-state index contributed by atoms with van der Waals surface area (Å²) in [5.41, 5.74) is -3.30. The highest BCUT2D eigenvalue weighted by atomic mass is 32.2. The van der Waals surface area contributed by atoms with Crippen LogP contribution in [0.25, 0.3) is 0 Å². The zero-order chi connectivity index (χ0) is 16.3. The van der Waals surface area contributed by atoms with Gasteiger partial charge in [0.2, 0.25) is 15.8 Å². The van der Waals surface area contributed by atoms with Crippen LogP contribution in [0, 0.1) is 15.9 Å². The van der Waals surface area contributed by atoms with Crippen molar-refractivity contribution in [1.29, 1.82) is 0 Å². The van der Waals surface area contributed by atoms with Gasteiger partial charge in [0.15, 0.2) is 4.90 Å². The second-order valence-corrected chi connectivity index (χ2v) is 5.85. The van der Waals surface area contributed by atoms with Crippen LogP contribution < -0.4 is 4.72 Å². The molecule has 21 heavy (non-hydrogen) atoms. The van der Waals surface area contributed by atoms with Gasteiger partial charge in [-0.15, -0.1) is 0 Å². The third kappa shape index (κ3) is 3.51. The van der Waals surface area contributed by atoms with Gasteiger partial charge in [0.05, 0.1) is 24.7 Å². The molecule has 0 aromatic heterocycles. The van der Waals surface area contributed by atoms with Crippen LogP contribution in [0.5, 0.6) is 0 Å². The summed E-state index contributed by atoms with van der Waals surface area (Å²) in [5.74, 6) is -1.36. The second kappa shape index (κ2) is 6.41. The third-order valence-corrected chi connectivity index (χ3v) is 4.29. The summed E-state index contributed by atoms with van der Waals surface area (Å²) in [5, 5.41) is 38.0. The minimum absolute atomic E-state index is 0.717. The predicted molar refractivity (Wildman–Crippen MR) is 67.4 cm³/mol. The van der Waals surface area contributed by atoms with Gasteiger partial charge < -0.3 is 15.3 Å². The van der Waals surface area contributed by atoms with Crippen molar-refractivity contribution >= 4 is 15.7 Å². The summed E-state index contributed by atoms with van der Waals surface area (Å²) in [6.07, 6.45) is 0. The molecule has 1 aromatic rings. The molecular weight excluding hydrogens is 311 g/mol. The minimum atomic E-state index is -4.66. The van der Waals surface area contributed by atoms with E-state index in [4.69, 9.17) is 15.3 Å². The lowest BCUT2D eigenvalue weighted by Gasteiger charge is -2.28. The van der Waals surface area contributed by atoms with Gasteiger partial charge in [-0.25, -0.2) is 8.42 Å². The number of benzene rings is 1. The number of aliphatic hydroxyl groups excluding tert-OH is 3. The molecule has 118 valence electrons. The van der Waals surface area contributed by atoms with Crippen LogP contribution in [-0.2, 0) is 10.0 Å². The number of nitrogens with one attached hydrogen (secondary N) is 1. The van der Waals surface area contributed by atoms with Crippen LogP contribution in [0.1, 0.15) is 0 Å². The van der Waals surface area contributed by atoms with E-state index in [1.807, 2.05) is 0 Å². The molecule has 4 N–H and O–H groups in total. The molecule has 9 nitrogen and oxygen atoms in total. The Morgan fingerprint density at radius 2 is 1.76 bits per heavy atom. The number of hydrogen-bond acceptors (Lipinski definition) is 7. The summed E-state index contributed by atoms with van der Waals surface area (Å²) in [7, 11) is -4.66. The average Bonchev–Trinajstić information content (AvgIpc) is 2.44. The summed E-state index contributed by atoms with van der Waals surface area (Å²) in [6, 6.07) is 2.46. The van der Waals surface area contributed by atoms with Gasteiger partial charge in [0.25, 0.3) is 0 Å². The van der Waals surface area contributed by atoms with Crippen molar-refractivity contribution < 1.29 is 33.1 Å². The van der Waals surface area contributed by atoms with Crippen LogP contribution >= 0.6 is 0 Å². The maximum absolute atomic E-state index is 13.4. The molecule has 0 saturated heterocycles. The van der Waals surface area contributed by atoms with E-state index in [1.54, 1.807) is 4.72 Å². The van der Waals surface area contributed by atoms with E-state index in [-0.39, 0.29) is 0 Å². The molecule has 0 heterocycles. The van der Waals surface area contributed by atoms with Gasteiger partial charge in [-0.1, -0.05) is 6.07 Å². The Morgan fingerprint density at radius 3 is 2.19 bits per heavy atom. The number of hydrogen-bond donors (Lipinski definition) is 4. The molecule has 0 fully saturated rings. The molecule has 1 aromatic carbocycles. The van der Waals surface area contributed by atoms with Crippen molar-refractivity contribution in [3.63, 3.8) is 0 Å². The first-order valence-electron chi connectivity index (χ1n) is 5.52. The van der Waals surface area contributed by atoms with E-state index in [0.717, 1.165) is 12.1 Å². The molecule has 0 aliphatic carbocycles. The SMILES string of the molecule is O=[N+]([O-])c1c(F)cccc1S(=O)(=O)NC(CO)(CO)CO. The van der Waals surface area contributed by atoms with Crippen LogP contribution in [0.4, 0.5) is 10.1 Å². The van der Waals surface area contributed by atoms with E-state index >= 15 is 0 Å². The van der Waals surface area contributed by atoms with Gasteiger partial charge in [0, 0.05) is 0 Å². The predicted octanol–water partition coefficient (Wildman–Crippen LogP) is -1.27. The van der Waals surface area contributed by atoms with E-state index < -0.39 is 56.7 Å². The number of nitrogens with zero attached hydrogens (tertiary/aromatic N) is 1. The highest BCUT2D eigenvalue weighted by molar-refractivity contribution is 7.89. The largest absolute Gasteiger partial charge is 0.394 e. The lowest BCUT2D eigenvalue weighted by molar-refractivity contribution is -0.390. The maximum Gasteiger partial charge on any atom is 0.324 e. The standard InChI is InChI=1S/C10H13FN2O7S/c11-7-2-1-3-8(9(7)13(17)18)21(19,20)12-10(4-14,5-15)6-16/h1-3,12,14-16H,4-6H2. The average molecular weight is 324 g/mol. The molecule has 0 amide bonds. The molecule has 0 saturated carbocycles. The first-order valence-corrected chi connectivity index (χ1v) is 7.01. The van der Waals surface area contributed by atoms with Crippen molar-refractivity contribution in [2.45, 2.75) is 10.4 Å². The number of nitro benzene ring substituents is 1. The first kappa shape index (κ1) is 17.4. The van der Waals surface area contributed by atoms with E-state index in [9.17, 15) is 22.9 Å². The van der Waals surface area contributed by atoms with Gasteiger partial charge >= 0.3 is 5.69 Å². The Hall–Kier alpha value is -1.66. The van der Waals surface area contributed by atoms with Gasteiger partial charge in [-0.3, -0.25) is 10.1 Å².